The number of carbonyl (C=O) groups excluding carboxylic acids is 1. The number of nitrogens with two attached hydrogens (primary N) is 1. The van der Waals surface area contributed by atoms with E-state index in [0.717, 1.165) is 23.1 Å². The predicted octanol–water partition coefficient (Wildman–Crippen LogP) is 3.53. The van der Waals surface area contributed by atoms with Gasteiger partial charge < -0.3 is 10.5 Å². The van der Waals surface area contributed by atoms with Crippen molar-refractivity contribution >= 4 is 11.4 Å². The second kappa shape index (κ2) is 5.68. The van der Waals surface area contributed by atoms with Gasteiger partial charge in [0, 0.05) is 5.56 Å². The van der Waals surface area contributed by atoms with Gasteiger partial charge in [-0.05, 0) is 30.0 Å². The topological polar surface area (TPSA) is 52.3 Å². The highest BCUT2D eigenvalue weighted by Gasteiger charge is 2.35. The average Bonchev–Trinajstić information content (AvgIpc) is 2.83. The molecule has 1 unspecified atom stereocenters. The van der Waals surface area contributed by atoms with Crippen LogP contribution >= 0.6 is 0 Å². The molecule has 2 aromatic carbocycles. The molecule has 3 nitrogen and oxygen atoms in total. The first-order valence-electron chi connectivity index (χ1n) is 7.47. The summed E-state index contributed by atoms with van der Waals surface area (Å²) in [7, 11) is 0. The number of Topliss-reactive ketones (excluding diaryl/α,β-unsaturated/α-hetero) is 1. The molecule has 1 heterocycles. The molecule has 3 heteroatoms. The largest absolute Gasteiger partial charge is 0.462 e. The molecule has 0 aromatic heterocycles. The van der Waals surface area contributed by atoms with Crippen molar-refractivity contribution in [3.05, 3.63) is 76.7 Å². The second-order valence-electron chi connectivity index (χ2n) is 5.51. The quantitative estimate of drug-likeness (QED) is 0.942. The zero-order chi connectivity index (χ0) is 15.7. The van der Waals surface area contributed by atoms with E-state index in [2.05, 4.69) is 6.92 Å². The highest BCUT2D eigenvalue weighted by Crippen LogP contribution is 2.36. The number of hydrogen-bond donors (Lipinski definition) is 1. The van der Waals surface area contributed by atoms with E-state index in [1.54, 1.807) is 0 Å². The van der Waals surface area contributed by atoms with Gasteiger partial charge in [0.05, 0.1) is 5.57 Å². The highest BCUT2D eigenvalue weighted by molar-refractivity contribution is 6.25. The SMILES string of the molecule is CCc1ccc(C2=C(N)OC(c3ccccc3)C2=O)cc1C. The van der Waals surface area contributed by atoms with Crippen LogP contribution in [0, 0.1) is 6.92 Å². The number of benzene rings is 2. The van der Waals surface area contributed by atoms with Crippen LogP contribution in [0.1, 0.15) is 35.3 Å². The van der Waals surface area contributed by atoms with E-state index in [1.165, 1.54) is 5.56 Å². The van der Waals surface area contributed by atoms with Crippen molar-refractivity contribution in [3.63, 3.8) is 0 Å². The molecule has 22 heavy (non-hydrogen) atoms. The summed E-state index contributed by atoms with van der Waals surface area (Å²) in [4.78, 5) is 12.7. The molecule has 112 valence electrons. The fraction of sp³-hybridized carbons (Fsp3) is 0.211. The first-order valence-corrected chi connectivity index (χ1v) is 7.47. The van der Waals surface area contributed by atoms with E-state index in [0.29, 0.717) is 5.57 Å². The zero-order valence-corrected chi connectivity index (χ0v) is 12.8. The molecule has 0 aliphatic carbocycles. The van der Waals surface area contributed by atoms with Gasteiger partial charge in [0.1, 0.15) is 0 Å². The number of hydrogen-bond acceptors (Lipinski definition) is 3. The van der Waals surface area contributed by atoms with Crippen LogP contribution in [0.3, 0.4) is 0 Å². The summed E-state index contributed by atoms with van der Waals surface area (Å²) in [5, 5.41) is 0. The van der Waals surface area contributed by atoms with Crippen LogP contribution in [-0.2, 0) is 16.0 Å². The summed E-state index contributed by atoms with van der Waals surface area (Å²) >= 11 is 0. The van der Waals surface area contributed by atoms with Gasteiger partial charge in [0.15, 0.2) is 12.0 Å². The fourth-order valence-corrected chi connectivity index (χ4v) is 2.87. The van der Waals surface area contributed by atoms with Gasteiger partial charge in [0.2, 0.25) is 5.78 Å². The summed E-state index contributed by atoms with van der Waals surface area (Å²) < 4.78 is 5.63. The first kappa shape index (κ1) is 14.4. The van der Waals surface area contributed by atoms with Crippen molar-refractivity contribution in [2.24, 2.45) is 5.73 Å². The minimum absolute atomic E-state index is 0.0765. The Morgan fingerprint density at radius 1 is 1.14 bits per heavy atom. The van der Waals surface area contributed by atoms with Crippen LogP contribution in [0.4, 0.5) is 0 Å². The summed E-state index contributed by atoms with van der Waals surface area (Å²) in [6.07, 6.45) is 0.333. The average molecular weight is 293 g/mol. The van der Waals surface area contributed by atoms with E-state index in [4.69, 9.17) is 10.5 Å². The fourth-order valence-electron chi connectivity index (χ4n) is 2.87. The normalized spacial score (nSPS) is 17.7. The summed E-state index contributed by atoms with van der Waals surface area (Å²) in [6.45, 7) is 4.17. The molecule has 2 aromatic rings. The molecular weight excluding hydrogens is 274 g/mol. The van der Waals surface area contributed by atoms with Gasteiger partial charge in [-0.15, -0.1) is 0 Å². The van der Waals surface area contributed by atoms with Crippen molar-refractivity contribution in [2.75, 3.05) is 0 Å². The second-order valence-corrected chi connectivity index (χ2v) is 5.51. The molecule has 1 atom stereocenters. The van der Waals surface area contributed by atoms with Crippen molar-refractivity contribution in [1.82, 2.24) is 0 Å². The smallest absolute Gasteiger partial charge is 0.213 e. The minimum Gasteiger partial charge on any atom is -0.462 e. The molecule has 1 aliphatic rings. The lowest BCUT2D eigenvalue weighted by molar-refractivity contribution is -0.120. The van der Waals surface area contributed by atoms with Crippen molar-refractivity contribution in [1.29, 1.82) is 0 Å². The molecule has 0 saturated carbocycles. The van der Waals surface area contributed by atoms with Crippen LogP contribution in [0.2, 0.25) is 0 Å². The lowest BCUT2D eigenvalue weighted by Crippen LogP contribution is -2.09. The van der Waals surface area contributed by atoms with Crippen LogP contribution < -0.4 is 5.73 Å². The number of ketones is 1. The Morgan fingerprint density at radius 2 is 1.86 bits per heavy atom. The van der Waals surface area contributed by atoms with Crippen molar-refractivity contribution < 1.29 is 9.53 Å². The van der Waals surface area contributed by atoms with Crippen LogP contribution in [0.25, 0.3) is 5.57 Å². The van der Waals surface area contributed by atoms with E-state index >= 15 is 0 Å². The maximum atomic E-state index is 12.7. The molecule has 0 amide bonds. The van der Waals surface area contributed by atoms with E-state index in [9.17, 15) is 4.79 Å². The van der Waals surface area contributed by atoms with Gasteiger partial charge in [0.25, 0.3) is 0 Å². The molecule has 3 rings (SSSR count). The number of rotatable bonds is 3. The molecule has 0 spiro atoms. The van der Waals surface area contributed by atoms with E-state index < -0.39 is 6.10 Å². The van der Waals surface area contributed by atoms with Crippen molar-refractivity contribution in [3.8, 4) is 0 Å². The van der Waals surface area contributed by atoms with Crippen LogP contribution in [-0.4, -0.2) is 5.78 Å². The summed E-state index contributed by atoms with van der Waals surface area (Å²) in [5.41, 5.74) is 10.6. The van der Waals surface area contributed by atoms with Gasteiger partial charge in [-0.1, -0.05) is 55.5 Å². The summed E-state index contributed by atoms with van der Waals surface area (Å²) in [5.74, 6) is 0.134. The molecule has 0 bridgehead atoms. The lowest BCUT2D eigenvalue weighted by Gasteiger charge is -2.10. The Labute approximate surface area is 130 Å². The highest BCUT2D eigenvalue weighted by atomic mass is 16.5. The monoisotopic (exact) mass is 293 g/mol. The third-order valence-corrected chi connectivity index (χ3v) is 4.09. The number of ether oxygens (including phenoxy) is 1. The Balaban J connectivity index is 1.96. The Kier molecular flexibility index (Phi) is 3.72. The van der Waals surface area contributed by atoms with Gasteiger partial charge in [-0.25, -0.2) is 0 Å². The standard InChI is InChI=1S/C19H19NO2/c1-3-13-9-10-15(11-12(13)2)16-17(21)18(22-19(16)20)14-7-5-4-6-8-14/h4-11,18H,3,20H2,1-2H3. The molecule has 2 N–H and O–H groups in total. The minimum atomic E-state index is -0.637. The van der Waals surface area contributed by atoms with E-state index in [-0.39, 0.29) is 11.7 Å². The number of aryl methyl sites for hydroxylation is 2. The Hall–Kier alpha value is -2.55. The molecule has 1 aliphatic heterocycles. The summed E-state index contributed by atoms with van der Waals surface area (Å²) in [6, 6.07) is 15.5. The predicted molar refractivity (Wildman–Crippen MR) is 86.9 cm³/mol. The maximum absolute atomic E-state index is 12.7. The Morgan fingerprint density at radius 3 is 2.50 bits per heavy atom. The first-order chi connectivity index (χ1) is 10.6. The Bertz CT molecular complexity index is 747. The molecular formula is C19H19NO2. The zero-order valence-electron chi connectivity index (χ0n) is 12.8. The van der Waals surface area contributed by atoms with Crippen LogP contribution in [0.5, 0.6) is 0 Å². The molecule has 0 fully saturated rings. The third-order valence-electron chi connectivity index (χ3n) is 4.09. The molecule has 0 radical (unpaired) electrons. The van der Waals surface area contributed by atoms with Gasteiger partial charge in [-0.3, -0.25) is 4.79 Å². The van der Waals surface area contributed by atoms with E-state index in [1.807, 2.05) is 55.5 Å². The third kappa shape index (κ3) is 2.39. The van der Waals surface area contributed by atoms with Crippen LogP contribution in [0.15, 0.2) is 54.4 Å². The van der Waals surface area contributed by atoms with Crippen molar-refractivity contribution in [2.45, 2.75) is 26.4 Å². The number of carbonyl (C=O) groups is 1. The van der Waals surface area contributed by atoms with Gasteiger partial charge in [-0.2, -0.15) is 0 Å². The lowest BCUT2D eigenvalue weighted by atomic mass is 9.94. The molecule has 0 saturated heterocycles. The van der Waals surface area contributed by atoms with Gasteiger partial charge >= 0.3 is 0 Å². The maximum Gasteiger partial charge on any atom is 0.213 e.